The fraction of sp³-hybridized carbons (Fsp3) is 0.267. The summed E-state index contributed by atoms with van der Waals surface area (Å²) in [5.41, 5.74) is 3.07. The van der Waals surface area contributed by atoms with Gasteiger partial charge in [-0.15, -0.1) is 11.3 Å². The third kappa shape index (κ3) is 2.29. The lowest BCUT2D eigenvalue weighted by Gasteiger charge is -2.13. The molecule has 0 bridgehead atoms. The minimum atomic E-state index is 0.0844. The second-order valence-corrected chi connectivity index (χ2v) is 5.60. The molecule has 19 heavy (non-hydrogen) atoms. The molecular weight excluding hydrogens is 258 g/mol. The Balaban J connectivity index is 1.87. The smallest absolute Gasteiger partial charge is 0.254 e. The topological polar surface area (TPSA) is 40.5 Å². The quantitative estimate of drug-likeness (QED) is 0.930. The van der Waals surface area contributed by atoms with Gasteiger partial charge in [-0.05, 0) is 41.1 Å². The molecule has 0 atom stereocenters. The first kappa shape index (κ1) is 12.4. The van der Waals surface area contributed by atoms with E-state index < -0.39 is 0 Å². The number of aliphatic hydroxyl groups excluding tert-OH is 1. The molecule has 0 saturated carbocycles. The first-order chi connectivity index (χ1) is 9.29. The Bertz CT molecular complexity index is 592. The van der Waals surface area contributed by atoms with Crippen LogP contribution in [-0.2, 0) is 6.54 Å². The van der Waals surface area contributed by atoms with Crippen LogP contribution in [0, 0.1) is 0 Å². The second kappa shape index (κ2) is 5.15. The molecule has 1 amide bonds. The first-order valence-electron chi connectivity index (χ1n) is 6.36. The van der Waals surface area contributed by atoms with Crippen molar-refractivity contribution in [3.8, 4) is 10.4 Å². The predicted octanol–water partition coefficient (Wildman–Crippen LogP) is 2.75. The van der Waals surface area contributed by atoms with Gasteiger partial charge in [-0.2, -0.15) is 0 Å². The SMILES string of the molecule is O=C1c2ccc(-c3cccs3)cc2CN1CCCO. The second-order valence-electron chi connectivity index (χ2n) is 4.65. The Hall–Kier alpha value is -1.65. The van der Waals surface area contributed by atoms with Crippen LogP contribution in [0.25, 0.3) is 10.4 Å². The summed E-state index contributed by atoms with van der Waals surface area (Å²) in [5, 5.41) is 10.9. The van der Waals surface area contributed by atoms with Crippen molar-refractivity contribution in [3.63, 3.8) is 0 Å². The van der Waals surface area contributed by atoms with Crippen molar-refractivity contribution < 1.29 is 9.90 Å². The van der Waals surface area contributed by atoms with Crippen molar-refractivity contribution in [2.75, 3.05) is 13.2 Å². The van der Waals surface area contributed by atoms with Crippen molar-refractivity contribution >= 4 is 17.2 Å². The highest BCUT2D eigenvalue weighted by Gasteiger charge is 2.26. The number of carbonyl (C=O) groups excluding carboxylic acids is 1. The molecule has 0 spiro atoms. The Labute approximate surface area is 116 Å². The molecule has 2 heterocycles. The lowest BCUT2D eigenvalue weighted by atomic mass is 10.1. The normalized spacial score (nSPS) is 13.9. The molecule has 0 fully saturated rings. The summed E-state index contributed by atoms with van der Waals surface area (Å²) in [6.45, 7) is 1.41. The Morgan fingerprint density at radius 3 is 2.95 bits per heavy atom. The fourth-order valence-electron chi connectivity index (χ4n) is 2.42. The summed E-state index contributed by atoms with van der Waals surface area (Å²) in [4.78, 5) is 15.2. The average molecular weight is 273 g/mol. The van der Waals surface area contributed by atoms with Crippen molar-refractivity contribution in [2.45, 2.75) is 13.0 Å². The molecule has 2 aromatic rings. The van der Waals surface area contributed by atoms with E-state index in [-0.39, 0.29) is 12.5 Å². The summed E-state index contributed by atoms with van der Waals surface area (Å²) in [7, 11) is 0. The van der Waals surface area contributed by atoms with Gasteiger partial charge in [0.1, 0.15) is 0 Å². The van der Waals surface area contributed by atoms with Crippen molar-refractivity contribution in [3.05, 3.63) is 46.8 Å². The highest BCUT2D eigenvalue weighted by atomic mass is 32.1. The molecule has 1 aliphatic heterocycles. The number of amides is 1. The van der Waals surface area contributed by atoms with Gasteiger partial charge in [0.05, 0.1) is 0 Å². The number of carbonyl (C=O) groups is 1. The van der Waals surface area contributed by atoms with E-state index in [0.29, 0.717) is 19.5 Å². The summed E-state index contributed by atoms with van der Waals surface area (Å²) in [5.74, 6) is 0.0844. The molecule has 98 valence electrons. The number of hydrogen-bond acceptors (Lipinski definition) is 3. The molecule has 1 aromatic heterocycles. The lowest BCUT2D eigenvalue weighted by Crippen LogP contribution is -2.25. The van der Waals surface area contributed by atoms with Gasteiger partial charge in [-0.1, -0.05) is 12.1 Å². The van der Waals surface area contributed by atoms with Crippen LogP contribution >= 0.6 is 11.3 Å². The molecule has 0 radical (unpaired) electrons. The van der Waals surface area contributed by atoms with Crippen molar-refractivity contribution in [1.82, 2.24) is 4.90 Å². The summed E-state index contributed by atoms with van der Waals surface area (Å²) < 4.78 is 0. The summed E-state index contributed by atoms with van der Waals surface area (Å²) >= 11 is 1.71. The van der Waals surface area contributed by atoms with Crippen LogP contribution in [0.5, 0.6) is 0 Å². The molecule has 3 rings (SSSR count). The first-order valence-corrected chi connectivity index (χ1v) is 7.24. The molecule has 4 heteroatoms. The van der Waals surface area contributed by atoms with Crippen LogP contribution in [0.1, 0.15) is 22.3 Å². The van der Waals surface area contributed by atoms with Gasteiger partial charge in [0.15, 0.2) is 0 Å². The Morgan fingerprint density at radius 2 is 2.21 bits per heavy atom. The van der Waals surface area contributed by atoms with Crippen molar-refractivity contribution in [2.24, 2.45) is 0 Å². The lowest BCUT2D eigenvalue weighted by molar-refractivity contribution is 0.0768. The Kier molecular flexibility index (Phi) is 3.36. The van der Waals surface area contributed by atoms with E-state index in [9.17, 15) is 4.79 Å². The van der Waals surface area contributed by atoms with Gasteiger partial charge in [-0.3, -0.25) is 4.79 Å². The molecule has 3 nitrogen and oxygen atoms in total. The van der Waals surface area contributed by atoms with E-state index in [1.807, 2.05) is 18.2 Å². The monoisotopic (exact) mass is 273 g/mol. The minimum Gasteiger partial charge on any atom is -0.396 e. The molecular formula is C15H15NO2S. The maximum Gasteiger partial charge on any atom is 0.254 e. The molecule has 0 saturated heterocycles. The maximum atomic E-state index is 12.1. The third-order valence-electron chi connectivity index (χ3n) is 3.38. The van der Waals surface area contributed by atoms with Gasteiger partial charge >= 0.3 is 0 Å². The predicted molar refractivity (Wildman–Crippen MR) is 76.2 cm³/mol. The zero-order chi connectivity index (χ0) is 13.2. The number of hydrogen-bond donors (Lipinski definition) is 1. The van der Waals surface area contributed by atoms with Crippen LogP contribution in [0.2, 0.25) is 0 Å². The van der Waals surface area contributed by atoms with Gasteiger partial charge in [-0.25, -0.2) is 0 Å². The van der Waals surface area contributed by atoms with Gasteiger partial charge < -0.3 is 10.0 Å². The van der Waals surface area contributed by atoms with Crippen molar-refractivity contribution in [1.29, 1.82) is 0 Å². The van der Waals surface area contributed by atoms with Gasteiger partial charge in [0.2, 0.25) is 0 Å². The standard InChI is InChI=1S/C15H15NO2S/c17-7-2-6-16-10-12-9-11(14-3-1-8-19-14)4-5-13(12)15(16)18/h1,3-5,8-9,17H,2,6-7,10H2. The van der Waals surface area contributed by atoms with E-state index in [4.69, 9.17) is 5.11 Å². The van der Waals surface area contributed by atoms with Gasteiger partial charge in [0.25, 0.3) is 5.91 Å². The molecule has 1 aromatic carbocycles. The zero-order valence-corrected chi connectivity index (χ0v) is 11.3. The summed E-state index contributed by atoms with van der Waals surface area (Å²) in [6.07, 6.45) is 0.636. The maximum absolute atomic E-state index is 12.1. The van der Waals surface area contributed by atoms with E-state index >= 15 is 0 Å². The number of thiophene rings is 1. The van der Waals surface area contributed by atoms with Crippen LogP contribution in [0.4, 0.5) is 0 Å². The summed E-state index contributed by atoms with van der Waals surface area (Å²) in [6, 6.07) is 10.2. The highest BCUT2D eigenvalue weighted by Crippen LogP contribution is 2.30. The van der Waals surface area contributed by atoms with E-state index in [0.717, 1.165) is 11.1 Å². The number of nitrogens with zero attached hydrogens (tertiary/aromatic N) is 1. The molecule has 1 aliphatic rings. The van der Waals surface area contributed by atoms with E-state index in [1.54, 1.807) is 16.2 Å². The van der Waals surface area contributed by atoms with Crippen LogP contribution in [0.3, 0.4) is 0 Å². The fourth-order valence-corrected chi connectivity index (χ4v) is 3.14. The van der Waals surface area contributed by atoms with Gasteiger partial charge in [0, 0.05) is 30.1 Å². The van der Waals surface area contributed by atoms with Crippen LogP contribution in [0.15, 0.2) is 35.7 Å². The number of rotatable bonds is 4. The third-order valence-corrected chi connectivity index (χ3v) is 4.29. The Morgan fingerprint density at radius 1 is 1.32 bits per heavy atom. The molecule has 1 N–H and O–H groups in total. The van der Waals surface area contributed by atoms with Crippen LogP contribution in [-0.4, -0.2) is 29.1 Å². The van der Waals surface area contributed by atoms with Crippen LogP contribution < -0.4 is 0 Å². The number of benzene rings is 1. The molecule has 0 unspecified atom stereocenters. The largest absolute Gasteiger partial charge is 0.396 e. The molecule has 0 aliphatic carbocycles. The zero-order valence-electron chi connectivity index (χ0n) is 10.5. The highest BCUT2D eigenvalue weighted by molar-refractivity contribution is 7.13. The van der Waals surface area contributed by atoms with E-state index in [2.05, 4.69) is 17.5 Å². The average Bonchev–Trinajstić information content (AvgIpc) is 3.05. The number of fused-ring (bicyclic) bond motifs is 1. The number of aliphatic hydroxyl groups is 1. The van der Waals surface area contributed by atoms with E-state index in [1.165, 1.54) is 10.4 Å². The minimum absolute atomic E-state index is 0.0844.